The highest BCUT2D eigenvalue weighted by Crippen LogP contribution is 2.41. The summed E-state index contributed by atoms with van der Waals surface area (Å²) in [5.74, 6) is 0.0534. The van der Waals surface area contributed by atoms with Gasteiger partial charge in [0.2, 0.25) is 5.91 Å². The summed E-state index contributed by atoms with van der Waals surface area (Å²) in [6, 6.07) is 7.77. The van der Waals surface area contributed by atoms with Crippen LogP contribution >= 0.6 is 0 Å². The SMILES string of the molecule is C=CCNC(=O)Cn1nc(C2CC2)c2cnn(-c3ccccc3C)c2c1=O. The third kappa shape index (κ3) is 3.16. The Bertz CT molecular complexity index is 1090. The maximum atomic E-state index is 13.1. The molecule has 27 heavy (non-hydrogen) atoms. The number of fused-ring (bicyclic) bond motifs is 1. The highest BCUT2D eigenvalue weighted by molar-refractivity contribution is 5.83. The highest BCUT2D eigenvalue weighted by Gasteiger charge is 2.30. The summed E-state index contributed by atoms with van der Waals surface area (Å²) in [6.07, 6.45) is 5.39. The van der Waals surface area contributed by atoms with Gasteiger partial charge in [0.1, 0.15) is 12.1 Å². The molecule has 138 valence electrons. The molecule has 0 spiro atoms. The van der Waals surface area contributed by atoms with E-state index in [1.54, 1.807) is 17.0 Å². The van der Waals surface area contributed by atoms with E-state index < -0.39 is 0 Å². The lowest BCUT2D eigenvalue weighted by molar-refractivity contribution is -0.121. The number of aryl methyl sites for hydroxylation is 1. The minimum Gasteiger partial charge on any atom is -0.351 e. The lowest BCUT2D eigenvalue weighted by atomic mass is 10.2. The number of amides is 1. The number of carbonyl (C=O) groups is 1. The first-order chi connectivity index (χ1) is 13.1. The van der Waals surface area contributed by atoms with Gasteiger partial charge < -0.3 is 5.32 Å². The smallest absolute Gasteiger partial charge is 0.293 e. The first-order valence-corrected chi connectivity index (χ1v) is 9.02. The van der Waals surface area contributed by atoms with Crippen molar-refractivity contribution in [1.82, 2.24) is 24.9 Å². The lowest BCUT2D eigenvalue weighted by Gasteiger charge is -2.11. The molecule has 3 aromatic rings. The molecule has 2 heterocycles. The number of nitrogens with zero attached hydrogens (tertiary/aromatic N) is 4. The van der Waals surface area contributed by atoms with Gasteiger partial charge in [-0.2, -0.15) is 10.2 Å². The first kappa shape index (κ1) is 17.2. The van der Waals surface area contributed by atoms with Gasteiger partial charge in [-0.3, -0.25) is 9.59 Å². The molecule has 7 heteroatoms. The maximum absolute atomic E-state index is 13.1. The summed E-state index contributed by atoms with van der Waals surface area (Å²) in [6.45, 7) is 5.79. The quantitative estimate of drug-likeness (QED) is 0.680. The predicted octanol–water partition coefficient (Wildman–Crippen LogP) is 2.07. The van der Waals surface area contributed by atoms with E-state index in [-0.39, 0.29) is 18.0 Å². The Labute approximate surface area is 156 Å². The van der Waals surface area contributed by atoms with Crippen LogP contribution in [0.25, 0.3) is 16.6 Å². The molecule has 0 saturated heterocycles. The van der Waals surface area contributed by atoms with Crippen LogP contribution in [-0.2, 0) is 11.3 Å². The fourth-order valence-electron chi connectivity index (χ4n) is 3.22. The third-order valence-corrected chi connectivity index (χ3v) is 4.76. The standard InChI is InChI=1S/C20H21N5O2/c1-3-10-21-17(26)12-24-20(27)19-15(18(23-24)14-8-9-14)11-22-25(19)16-7-5-4-6-13(16)2/h3-7,11,14H,1,8-10,12H2,2H3,(H,21,26). The second-order valence-corrected chi connectivity index (χ2v) is 6.82. The zero-order valence-corrected chi connectivity index (χ0v) is 15.2. The Kier molecular flexibility index (Phi) is 4.35. The summed E-state index contributed by atoms with van der Waals surface area (Å²) >= 11 is 0. The molecule has 0 radical (unpaired) electrons. The summed E-state index contributed by atoms with van der Waals surface area (Å²) in [7, 11) is 0. The Morgan fingerprint density at radius 3 is 2.85 bits per heavy atom. The normalized spacial score (nSPS) is 13.7. The number of rotatable bonds is 6. The molecule has 2 aromatic heterocycles. The predicted molar refractivity (Wildman–Crippen MR) is 103 cm³/mol. The minimum absolute atomic E-state index is 0.124. The van der Waals surface area contributed by atoms with Crippen molar-refractivity contribution < 1.29 is 4.79 Å². The van der Waals surface area contributed by atoms with E-state index in [1.165, 1.54) is 4.68 Å². The van der Waals surface area contributed by atoms with Gasteiger partial charge in [-0.15, -0.1) is 6.58 Å². The van der Waals surface area contributed by atoms with Crippen molar-refractivity contribution in [2.24, 2.45) is 0 Å². The molecular weight excluding hydrogens is 342 g/mol. The molecular formula is C20H21N5O2. The van der Waals surface area contributed by atoms with Crippen LogP contribution in [0.2, 0.25) is 0 Å². The van der Waals surface area contributed by atoms with E-state index in [1.807, 2.05) is 31.2 Å². The van der Waals surface area contributed by atoms with Crippen LogP contribution in [0.4, 0.5) is 0 Å². The molecule has 0 atom stereocenters. The lowest BCUT2D eigenvalue weighted by Crippen LogP contribution is -2.34. The average molecular weight is 363 g/mol. The first-order valence-electron chi connectivity index (χ1n) is 9.02. The molecule has 0 aliphatic heterocycles. The number of carbonyl (C=O) groups excluding carboxylic acids is 1. The minimum atomic E-state index is -0.316. The topological polar surface area (TPSA) is 81.8 Å². The van der Waals surface area contributed by atoms with E-state index in [4.69, 9.17) is 0 Å². The van der Waals surface area contributed by atoms with Crippen molar-refractivity contribution in [1.29, 1.82) is 0 Å². The van der Waals surface area contributed by atoms with Gasteiger partial charge in [0.05, 0.1) is 17.6 Å². The van der Waals surface area contributed by atoms with Crippen molar-refractivity contribution in [3.05, 3.63) is 64.7 Å². The fraction of sp³-hybridized carbons (Fsp3) is 0.300. The molecule has 0 unspecified atom stereocenters. The van der Waals surface area contributed by atoms with Crippen molar-refractivity contribution in [2.45, 2.75) is 32.2 Å². The monoisotopic (exact) mass is 363 g/mol. The van der Waals surface area contributed by atoms with Crippen LogP contribution in [0, 0.1) is 6.92 Å². The largest absolute Gasteiger partial charge is 0.351 e. The van der Waals surface area contributed by atoms with E-state index in [0.29, 0.717) is 18.0 Å². The van der Waals surface area contributed by atoms with E-state index >= 15 is 0 Å². The number of hydrogen-bond donors (Lipinski definition) is 1. The Morgan fingerprint density at radius 1 is 1.37 bits per heavy atom. The molecule has 1 N–H and O–H groups in total. The summed E-state index contributed by atoms with van der Waals surface area (Å²) in [4.78, 5) is 25.3. The number of nitrogens with one attached hydrogen (secondary N) is 1. The zero-order valence-electron chi connectivity index (χ0n) is 15.2. The summed E-state index contributed by atoms with van der Waals surface area (Å²) in [5, 5.41) is 12.4. The molecule has 1 aromatic carbocycles. The van der Waals surface area contributed by atoms with Gasteiger partial charge >= 0.3 is 0 Å². The Morgan fingerprint density at radius 2 is 2.15 bits per heavy atom. The van der Waals surface area contributed by atoms with Crippen LogP contribution in [0.1, 0.15) is 30.0 Å². The summed E-state index contributed by atoms with van der Waals surface area (Å²) in [5.41, 5.74) is 2.87. The average Bonchev–Trinajstić information content (AvgIpc) is 3.41. The number of para-hydroxylation sites is 1. The second-order valence-electron chi connectivity index (χ2n) is 6.82. The molecule has 1 aliphatic rings. The Balaban J connectivity index is 1.88. The molecule has 1 saturated carbocycles. The molecule has 4 rings (SSSR count). The maximum Gasteiger partial charge on any atom is 0.293 e. The van der Waals surface area contributed by atoms with Crippen LogP contribution in [0.5, 0.6) is 0 Å². The van der Waals surface area contributed by atoms with E-state index in [9.17, 15) is 9.59 Å². The van der Waals surface area contributed by atoms with Crippen LogP contribution < -0.4 is 10.9 Å². The third-order valence-electron chi connectivity index (χ3n) is 4.76. The van der Waals surface area contributed by atoms with Crippen molar-refractivity contribution >= 4 is 16.8 Å². The van der Waals surface area contributed by atoms with Gasteiger partial charge in [-0.05, 0) is 31.4 Å². The molecule has 1 amide bonds. The summed E-state index contributed by atoms with van der Waals surface area (Å²) < 4.78 is 2.92. The zero-order chi connectivity index (χ0) is 19.0. The molecule has 0 bridgehead atoms. The number of hydrogen-bond acceptors (Lipinski definition) is 4. The van der Waals surface area contributed by atoms with Gasteiger partial charge in [0, 0.05) is 17.8 Å². The van der Waals surface area contributed by atoms with Crippen LogP contribution in [0.15, 0.2) is 47.9 Å². The highest BCUT2D eigenvalue weighted by atomic mass is 16.2. The van der Waals surface area contributed by atoms with Crippen molar-refractivity contribution in [2.75, 3.05) is 6.54 Å². The number of benzene rings is 1. The van der Waals surface area contributed by atoms with Gasteiger partial charge in [-0.25, -0.2) is 9.36 Å². The van der Waals surface area contributed by atoms with E-state index in [2.05, 4.69) is 22.1 Å². The van der Waals surface area contributed by atoms with Gasteiger partial charge in [0.15, 0.2) is 0 Å². The van der Waals surface area contributed by atoms with Crippen LogP contribution in [0.3, 0.4) is 0 Å². The van der Waals surface area contributed by atoms with Crippen molar-refractivity contribution in [3.8, 4) is 5.69 Å². The fourth-order valence-corrected chi connectivity index (χ4v) is 3.22. The Hall–Kier alpha value is -3.22. The molecule has 1 fully saturated rings. The van der Waals surface area contributed by atoms with Crippen LogP contribution in [-0.4, -0.2) is 32.0 Å². The van der Waals surface area contributed by atoms with Crippen molar-refractivity contribution in [3.63, 3.8) is 0 Å². The van der Waals surface area contributed by atoms with E-state index in [0.717, 1.165) is 35.2 Å². The number of aromatic nitrogens is 4. The molecule has 1 aliphatic carbocycles. The molecule has 7 nitrogen and oxygen atoms in total. The van der Waals surface area contributed by atoms with Gasteiger partial charge in [-0.1, -0.05) is 24.3 Å². The van der Waals surface area contributed by atoms with Gasteiger partial charge in [0.25, 0.3) is 5.56 Å². The second kappa shape index (κ2) is 6.83.